The lowest BCUT2D eigenvalue weighted by molar-refractivity contribution is 0.0663. The van der Waals surface area contributed by atoms with Gasteiger partial charge in [-0.05, 0) is 57.0 Å². The minimum Gasteiger partial charge on any atom is -0.377 e. The average molecular weight is 238 g/mol. The zero-order valence-corrected chi connectivity index (χ0v) is 11.1. The Hall–Kier alpha value is -0.120. The van der Waals surface area contributed by atoms with Gasteiger partial charge in [-0.2, -0.15) is 0 Å². The van der Waals surface area contributed by atoms with Gasteiger partial charge in [0.2, 0.25) is 0 Å². The van der Waals surface area contributed by atoms with Crippen LogP contribution in [0.1, 0.15) is 32.6 Å². The molecule has 0 amide bonds. The zero-order valence-electron chi connectivity index (χ0n) is 11.1. The van der Waals surface area contributed by atoms with Gasteiger partial charge >= 0.3 is 0 Å². The number of nitrogens with zero attached hydrogens (tertiary/aromatic N) is 1. The minimum absolute atomic E-state index is 0.431. The number of nitrogens with one attached hydrogen (secondary N) is 1. The maximum atomic E-state index is 5.72. The van der Waals surface area contributed by atoms with Crippen molar-refractivity contribution >= 4 is 0 Å². The number of piperidine rings is 1. The van der Waals surface area contributed by atoms with Crippen LogP contribution in [-0.4, -0.2) is 50.3 Å². The second kappa shape index (κ2) is 4.87. The van der Waals surface area contributed by atoms with Gasteiger partial charge in [0, 0.05) is 26.2 Å². The Morgan fingerprint density at radius 3 is 3.00 bits per heavy atom. The lowest BCUT2D eigenvalue weighted by Crippen LogP contribution is -2.35. The Balaban J connectivity index is 1.50. The molecule has 3 fully saturated rings. The van der Waals surface area contributed by atoms with Gasteiger partial charge in [0.1, 0.15) is 0 Å². The third kappa shape index (κ3) is 2.67. The van der Waals surface area contributed by atoms with E-state index < -0.39 is 0 Å². The van der Waals surface area contributed by atoms with Gasteiger partial charge in [-0.3, -0.25) is 0 Å². The van der Waals surface area contributed by atoms with Gasteiger partial charge in [-0.15, -0.1) is 0 Å². The summed E-state index contributed by atoms with van der Waals surface area (Å²) in [7, 11) is 0. The van der Waals surface area contributed by atoms with Crippen LogP contribution in [0.15, 0.2) is 0 Å². The summed E-state index contributed by atoms with van der Waals surface area (Å²) >= 11 is 0. The normalized spacial score (nSPS) is 37.9. The topological polar surface area (TPSA) is 24.5 Å². The van der Waals surface area contributed by atoms with Crippen LogP contribution in [0.3, 0.4) is 0 Å². The molecular weight excluding hydrogens is 212 g/mol. The first kappa shape index (κ1) is 11.9. The molecule has 3 nitrogen and oxygen atoms in total. The van der Waals surface area contributed by atoms with E-state index in [4.69, 9.17) is 4.74 Å². The second-order valence-corrected chi connectivity index (χ2v) is 6.31. The van der Waals surface area contributed by atoms with Gasteiger partial charge in [-0.25, -0.2) is 0 Å². The smallest absolute Gasteiger partial charge is 0.0673 e. The molecule has 98 valence electrons. The summed E-state index contributed by atoms with van der Waals surface area (Å²) in [6.07, 6.45) is 5.96. The van der Waals surface area contributed by atoms with E-state index in [0.29, 0.717) is 6.10 Å². The summed E-state index contributed by atoms with van der Waals surface area (Å²) in [5.74, 6) is 0.981. The molecule has 0 radical (unpaired) electrons. The molecule has 1 saturated carbocycles. The third-order valence-electron chi connectivity index (χ3n) is 4.97. The standard InChI is InChI=1S/C14H26N2O/c1-12-10-16(7-2-8-17-12)11-13-9-14(13)3-5-15-6-4-14/h12-13,15H,2-11H2,1H3. The first-order valence-corrected chi connectivity index (χ1v) is 7.33. The highest BCUT2D eigenvalue weighted by Crippen LogP contribution is 2.58. The van der Waals surface area contributed by atoms with Crippen LogP contribution in [0.25, 0.3) is 0 Å². The Morgan fingerprint density at radius 1 is 1.35 bits per heavy atom. The fourth-order valence-electron chi connectivity index (χ4n) is 3.78. The Bertz CT molecular complexity index is 263. The zero-order chi connectivity index (χ0) is 11.7. The second-order valence-electron chi connectivity index (χ2n) is 6.31. The van der Waals surface area contributed by atoms with Gasteiger partial charge in [0.15, 0.2) is 0 Å². The molecule has 2 aliphatic heterocycles. The maximum Gasteiger partial charge on any atom is 0.0673 e. The monoisotopic (exact) mass is 238 g/mol. The number of ether oxygens (including phenoxy) is 1. The molecule has 3 heteroatoms. The summed E-state index contributed by atoms with van der Waals surface area (Å²) in [5, 5.41) is 3.49. The molecule has 2 heterocycles. The molecule has 2 saturated heterocycles. The van der Waals surface area contributed by atoms with E-state index in [2.05, 4.69) is 17.1 Å². The first-order valence-electron chi connectivity index (χ1n) is 7.33. The van der Waals surface area contributed by atoms with E-state index in [1.807, 2.05) is 0 Å². The summed E-state index contributed by atoms with van der Waals surface area (Å²) in [6, 6.07) is 0. The first-order chi connectivity index (χ1) is 8.28. The van der Waals surface area contributed by atoms with E-state index in [0.717, 1.165) is 24.5 Å². The minimum atomic E-state index is 0.431. The fraction of sp³-hybridized carbons (Fsp3) is 1.00. The SMILES string of the molecule is CC1CN(CC2CC23CCNCC3)CCCO1. The van der Waals surface area contributed by atoms with Crippen molar-refractivity contribution in [3.8, 4) is 0 Å². The Kier molecular flexibility index (Phi) is 3.42. The van der Waals surface area contributed by atoms with Crippen LogP contribution in [0.2, 0.25) is 0 Å². The predicted molar refractivity (Wildman–Crippen MR) is 69.1 cm³/mol. The van der Waals surface area contributed by atoms with Crippen LogP contribution in [0.4, 0.5) is 0 Å². The lowest BCUT2D eigenvalue weighted by Gasteiger charge is -2.27. The van der Waals surface area contributed by atoms with Crippen LogP contribution < -0.4 is 5.32 Å². The molecule has 1 spiro atoms. The average Bonchev–Trinajstić information content (AvgIpc) is 3.01. The molecule has 2 unspecified atom stereocenters. The van der Waals surface area contributed by atoms with Gasteiger partial charge in [0.25, 0.3) is 0 Å². The molecule has 0 bridgehead atoms. The molecule has 1 aliphatic carbocycles. The van der Waals surface area contributed by atoms with E-state index in [1.165, 1.54) is 51.9 Å². The molecule has 0 aromatic carbocycles. The molecule has 0 aromatic heterocycles. The van der Waals surface area contributed by atoms with Gasteiger partial charge in [0.05, 0.1) is 6.10 Å². The highest BCUT2D eigenvalue weighted by molar-refractivity contribution is 5.05. The Morgan fingerprint density at radius 2 is 2.18 bits per heavy atom. The molecular formula is C14H26N2O. The van der Waals surface area contributed by atoms with E-state index in [1.54, 1.807) is 0 Å². The third-order valence-corrected chi connectivity index (χ3v) is 4.97. The van der Waals surface area contributed by atoms with Crippen LogP contribution in [0, 0.1) is 11.3 Å². The molecule has 3 rings (SSSR count). The van der Waals surface area contributed by atoms with Crippen LogP contribution >= 0.6 is 0 Å². The number of rotatable bonds is 2. The molecule has 0 aromatic rings. The van der Waals surface area contributed by atoms with Crippen molar-refractivity contribution in [2.45, 2.75) is 38.7 Å². The Labute approximate surface area is 105 Å². The lowest BCUT2D eigenvalue weighted by atomic mass is 9.92. The summed E-state index contributed by atoms with van der Waals surface area (Å²) in [5.41, 5.74) is 0.738. The predicted octanol–water partition coefficient (Wildman–Crippen LogP) is 1.49. The van der Waals surface area contributed by atoms with Crippen molar-refractivity contribution in [3.63, 3.8) is 0 Å². The summed E-state index contributed by atoms with van der Waals surface area (Å²) < 4.78 is 5.72. The van der Waals surface area contributed by atoms with Crippen LogP contribution in [0.5, 0.6) is 0 Å². The largest absolute Gasteiger partial charge is 0.377 e. The quantitative estimate of drug-likeness (QED) is 0.789. The van der Waals surface area contributed by atoms with Crippen molar-refractivity contribution in [2.24, 2.45) is 11.3 Å². The molecule has 2 atom stereocenters. The number of hydrogen-bond donors (Lipinski definition) is 1. The summed E-state index contributed by atoms with van der Waals surface area (Å²) in [4.78, 5) is 2.65. The van der Waals surface area contributed by atoms with Crippen molar-refractivity contribution in [1.29, 1.82) is 0 Å². The van der Waals surface area contributed by atoms with Crippen molar-refractivity contribution in [1.82, 2.24) is 10.2 Å². The van der Waals surface area contributed by atoms with E-state index >= 15 is 0 Å². The molecule has 3 aliphatic rings. The van der Waals surface area contributed by atoms with Crippen molar-refractivity contribution in [3.05, 3.63) is 0 Å². The van der Waals surface area contributed by atoms with Gasteiger partial charge < -0.3 is 15.0 Å². The maximum absolute atomic E-state index is 5.72. The highest BCUT2D eigenvalue weighted by atomic mass is 16.5. The van der Waals surface area contributed by atoms with Crippen LogP contribution in [-0.2, 0) is 4.74 Å². The fourth-order valence-corrected chi connectivity index (χ4v) is 3.78. The highest BCUT2D eigenvalue weighted by Gasteiger charge is 2.53. The summed E-state index contributed by atoms with van der Waals surface area (Å²) in [6.45, 7) is 9.38. The van der Waals surface area contributed by atoms with Gasteiger partial charge in [-0.1, -0.05) is 0 Å². The van der Waals surface area contributed by atoms with E-state index in [-0.39, 0.29) is 0 Å². The van der Waals surface area contributed by atoms with E-state index in [9.17, 15) is 0 Å². The van der Waals surface area contributed by atoms with Crippen molar-refractivity contribution in [2.75, 3.05) is 39.3 Å². The number of hydrogen-bond acceptors (Lipinski definition) is 3. The molecule has 17 heavy (non-hydrogen) atoms. The molecule has 1 N–H and O–H groups in total. The van der Waals surface area contributed by atoms with Crippen molar-refractivity contribution < 1.29 is 4.74 Å².